The Hall–Kier alpha value is -0.880. The molecule has 2 heterocycles. The van der Waals surface area contributed by atoms with Crippen LogP contribution in [0.25, 0.3) is 11.5 Å². The van der Waals surface area contributed by atoms with Crippen molar-refractivity contribution < 1.29 is 4.42 Å². The molecular formula is C6H4BrN3OS. The zero-order chi connectivity index (χ0) is 8.55. The highest BCUT2D eigenvalue weighted by atomic mass is 79.9. The van der Waals surface area contributed by atoms with Gasteiger partial charge in [-0.25, -0.2) is 9.97 Å². The van der Waals surface area contributed by atoms with Crippen molar-refractivity contribution in [1.82, 2.24) is 9.97 Å². The molecule has 0 aliphatic rings. The molecule has 12 heavy (non-hydrogen) atoms. The quantitative estimate of drug-likeness (QED) is 0.837. The fourth-order valence-electron chi connectivity index (χ4n) is 0.771. The van der Waals surface area contributed by atoms with Crippen molar-refractivity contribution >= 4 is 33.3 Å². The van der Waals surface area contributed by atoms with Gasteiger partial charge in [-0.15, -0.1) is 11.3 Å². The van der Waals surface area contributed by atoms with Crippen LogP contribution < -0.4 is 5.73 Å². The first-order valence-electron chi connectivity index (χ1n) is 3.08. The Bertz CT molecular complexity index is 359. The average Bonchev–Trinajstić information content (AvgIpc) is 2.58. The predicted octanol–water partition coefficient (Wildman–Crippen LogP) is 2.14. The monoisotopic (exact) mass is 245 g/mol. The van der Waals surface area contributed by atoms with Gasteiger partial charge in [0.15, 0.2) is 9.68 Å². The van der Waals surface area contributed by atoms with Crippen LogP contribution >= 0.6 is 27.3 Å². The second-order valence-corrected chi connectivity index (χ2v) is 4.18. The summed E-state index contributed by atoms with van der Waals surface area (Å²) in [5.41, 5.74) is 6.06. The zero-order valence-corrected chi connectivity index (χ0v) is 8.22. The SMILES string of the molecule is Nc1ncc(-c2csc(Br)n2)o1. The number of hydrogen-bond donors (Lipinski definition) is 1. The lowest BCUT2D eigenvalue weighted by Crippen LogP contribution is -1.79. The van der Waals surface area contributed by atoms with Crippen molar-refractivity contribution in [3.63, 3.8) is 0 Å². The van der Waals surface area contributed by atoms with E-state index in [9.17, 15) is 0 Å². The molecule has 2 rings (SSSR count). The number of rotatable bonds is 1. The van der Waals surface area contributed by atoms with E-state index in [4.69, 9.17) is 10.2 Å². The normalized spacial score (nSPS) is 10.4. The number of halogens is 1. The molecule has 62 valence electrons. The molecule has 0 atom stereocenters. The number of anilines is 1. The van der Waals surface area contributed by atoms with Crippen LogP contribution in [0.2, 0.25) is 0 Å². The second kappa shape index (κ2) is 2.87. The maximum atomic E-state index is 5.31. The third kappa shape index (κ3) is 1.35. The number of thiazole rings is 1. The largest absolute Gasteiger partial charge is 0.422 e. The summed E-state index contributed by atoms with van der Waals surface area (Å²) in [5.74, 6) is 0.592. The highest BCUT2D eigenvalue weighted by Crippen LogP contribution is 2.25. The van der Waals surface area contributed by atoms with Gasteiger partial charge in [-0.2, -0.15) is 0 Å². The lowest BCUT2D eigenvalue weighted by molar-refractivity contribution is 0.593. The first-order chi connectivity index (χ1) is 5.75. The summed E-state index contributed by atoms with van der Waals surface area (Å²) in [6.45, 7) is 0. The third-order valence-electron chi connectivity index (χ3n) is 1.25. The van der Waals surface area contributed by atoms with Gasteiger partial charge in [-0.05, 0) is 15.9 Å². The van der Waals surface area contributed by atoms with Crippen LogP contribution in [0.3, 0.4) is 0 Å². The molecule has 0 bridgehead atoms. The van der Waals surface area contributed by atoms with Crippen molar-refractivity contribution in [3.05, 3.63) is 15.5 Å². The van der Waals surface area contributed by atoms with Crippen LogP contribution in [-0.4, -0.2) is 9.97 Å². The van der Waals surface area contributed by atoms with E-state index >= 15 is 0 Å². The minimum absolute atomic E-state index is 0.161. The maximum Gasteiger partial charge on any atom is 0.292 e. The van der Waals surface area contributed by atoms with Crippen molar-refractivity contribution in [3.8, 4) is 11.5 Å². The van der Waals surface area contributed by atoms with E-state index in [-0.39, 0.29) is 6.01 Å². The van der Waals surface area contributed by atoms with Gasteiger partial charge in [-0.3, -0.25) is 0 Å². The van der Waals surface area contributed by atoms with E-state index in [0.29, 0.717) is 5.76 Å². The van der Waals surface area contributed by atoms with Crippen LogP contribution in [0.5, 0.6) is 0 Å². The molecule has 2 aromatic heterocycles. The molecule has 0 spiro atoms. The van der Waals surface area contributed by atoms with E-state index in [1.54, 1.807) is 6.20 Å². The summed E-state index contributed by atoms with van der Waals surface area (Å²) in [7, 11) is 0. The molecule has 2 aromatic rings. The van der Waals surface area contributed by atoms with Gasteiger partial charge < -0.3 is 10.2 Å². The highest BCUT2D eigenvalue weighted by Gasteiger charge is 2.07. The molecule has 4 nitrogen and oxygen atoms in total. The number of nitrogens with zero attached hydrogens (tertiary/aromatic N) is 2. The van der Waals surface area contributed by atoms with Gasteiger partial charge in [0.25, 0.3) is 6.01 Å². The molecule has 0 aliphatic carbocycles. The number of aromatic nitrogens is 2. The summed E-state index contributed by atoms with van der Waals surface area (Å²) in [6, 6.07) is 0.161. The molecule has 0 fully saturated rings. The molecule has 0 unspecified atom stereocenters. The molecule has 0 saturated carbocycles. The number of hydrogen-bond acceptors (Lipinski definition) is 5. The Morgan fingerprint density at radius 3 is 2.92 bits per heavy atom. The van der Waals surface area contributed by atoms with Crippen molar-refractivity contribution in [2.24, 2.45) is 0 Å². The minimum atomic E-state index is 0.161. The Morgan fingerprint density at radius 2 is 2.42 bits per heavy atom. The van der Waals surface area contributed by atoms with E-state index in [0.717, 1.165) is 9.61 Å². The van der Waals surface area contributed by atoms with Gasteiger partial charge in [0.2, 0.25) is 0 Å². The maximum absolute atomic E-state index is 5.31. The van der Waals surface area contributed by atoms with Crippen LogP contribution in [0.15, 0.2) is 19.9 Å². The fraction of sp³-hybridized carbons (Fsp3) is 0. The summed E-state index contributed by atoms with van der Waals surface area (Å²) in [4.78, 5) is 7.90. The molecule has 0 aliphatic heterocycles. The van der Waals surface area contributed by atoms with E-state index in [1.165, 1.54) is 11.3 Å². The van der Waals surface area contributed by atoms with Crippen molar-refractivity contribution in [2.45, 2.75) is 0 Å². The van der Waals surface area contributed by atoms with Gasteiger partial charge in [-0.1, -0.05) is 0 Å². The van der Waals surface area contributed by atoms with Gasteiger partial charge in [0.1, 0.15) is 5.69 Å². The van der Waals surface area contributed by atoms with E-state index in [1.807, 2.05) is 5.38 Å². The topological polar surface area (TPSA) is 64.9 Å². The van der Waals surface area contributed by atoms with Gasteiger partial charge in [0, 0.05) is 5.38 Å². The number of nitrogen functional groups attached to an aromatic ring is 1. The molecule has 0 saturated heterocycles. The minimum Gasteiger partial charge on any atom is -0.422 e. The van der Waals surface area contributed by atoms with Crippen LogP contribution in [-0.2, 0) is 0 Å². The standard InChI is InChI=1S/C6H4BrN3OS/c7-5-10-3(2-12-5)4-1-9-6(8)11-4/h1-2H,(H2,8,9). The Morgan fingerprint density at radius 1 is 1.58 bits per heavy atom. The summed E-state index contributed by atoms with van der Waals surface area (Å²) >= 11 is 4.74. The predicted molar refractivity (Wildman–Crippen MR) is 49.7 cm³/mol. The lowest BCUT2D eigenvalue weighted by Gasteiger charge is -1.84. The van der Waals surface area contributed by atoms with Gasteiger partial charge in [0.05, 0.1) is 6.20 Å². The van der Waals surface area contributed by atoms with Gasteiger partial charge >= 0.3 is 0 Å². The van der Waals surface area contributed by atoms with E-state index < -0.39 is 0 Å². The van der Waals surface area contributed by atoms with Crippen LogP contribution in [0.4, 0.5) is 6.01 Å². The molecule has 0 radical (unpaired) electrons. The third-order valence-corrected chi connectivity index (χ3v) is 2.62. The number of oxazole rings is 1. The first-order valence-corrected chi connectivity index (χ1v) is 4.75. The summed E-state index contributed by atoms with van der Waals surface area (Å²) in [5, 5.41) is 1.87. The Balaban J connectivity index is 2.43. The van der Waals surface area contributed by atoms with Crippen LogP contribution in [0.1, 0.15) is 0 Å². The fourth-order valence-corrected chi connectivity index (χ4v) is 1.77. The van der Waals surface area contributed by atoms with Crippen LogP contribution in [0, 0.1) is 0 Å². The summed E-state index contributed by atoms with van der Waals surface area (Å²) in [6.07, 6.45) is 1.55. The molecule has 6 heteroatoms. The molecule has 0 amide bonds. The lowest BCUT2D eigenvalue weighted by atomic mass is 10.4. The molecular weight excluding hydrogens is 242 g/mol. The average molecular weight is 246 g/mol. The zero-order valence-electron chi connectivity index (χ0n) is 5.82. The smallest absolute Gasteiger partial charge is 0.292 e. The second-order valence-electron chi connectivity index (χ2n) is 2.05. The Kier molecular flexibility index (Phi) is 1.86. The van der Waals surface area contributed by atoms with Crippen molar-refractivity contribution in [1.29, 1.82) is 0 Å². The van der Waals surface area contributed by atoms with E-state index in [2.05, 4.69) is 25.9 Å². The molecule has 2 N–H and O–H groups in total. The summed E-state index contributed by atoms with van der Waals surface area (Å²) < 4.78 is 5.89. The number of nitrogens with two attached hydrogens (primary N) is 1. The van der Waals surface area contributed by atoms with Crippen molar-refractivity contribution in [2.75, 3.05) is 5.73 Å². The highest BCUT2D eigenvalue weighted by molar-refractivity contribution is 9.11. The molecule has 0 aromatic carbocycles. The first kappa shape index (κ1) is 7.75. The Labute approximate surface area is 80.6 Å².